The fraction of sp³-hybridized carbons (Fsp3) is 0.200. The molecule has 1 amide bonds. The Morgan fingerprint density at radius 2 is 1.70 bits per heavy atom. The molecule has 2 heterocycles. The van der Waals surface area contributed by atoms with Crippen molar-refractivity contribution in [3.8, 4) is 5.69 Å². The third kappa shape index (κ3) is 3.04. The highest BCUT2D eigenvalue weighted by molar-refractivity contribution is 9.10. The Morgan fingerprint density at radius 1 is 1.04 bits per heavy atom. The molecule has 138 valence electrons. The van der Waals surface area contributed by atoms with Gasteiger partial charge in [0.2, 0.25) is 5.91 Å². The first-order valence-electron chi connectivity index (χ1n) is 8.52. The Labute approximate surface area is 169 Å². The first-order chi connectivity index (χ1) is 13.0. The number of rotatable bonds is 3. The van der Waals surface area contributed by atoms with Crippen LogP contribution >= 0.6 is 27.7 Å². The Morgan fingerprint density at radius 3 is 2.37 bits per heavy atom. The number of carbonyl (C=O) groups is 1. The van der Waals surface area contributed by atoms with Crippen molar-refractivity contribution in [3.63, 3.8) is 0 Å². The van der Waals surface area contributed by atoms with E-state index in [2.05, 4.69) is 15.9 Å². The van der Waals surface area contributed by atoms with E-state index in [-0.39, 0.29) is 16.8 Å². The molecule has 4 rings (SSSR count). The molecule has 0 radical (unpaired) electrons. The maximum absolute atomic E-state index is 13.3. The molecule has 1 fully saturated rings. The zero-order valence-corrected chi connectivity index (χ0v) is 17.3. The van der Waals surface area contributed by atoms with E-state index < -0.39 is 0 Å². The summed E-state index contributed by atoms with van der Waals surface area (Å²) < 4.78 is 4.40. The van der Waals surface area contributed by atoms with Crippen LogP contribution in [0.3, 0.4) is 0 Å². The molecule has 0 aliphatic carbocycles. The summed E-state index contributed by atoms with van der Waals surface area (Å²) in [5.74, 6) is 0.318. The van der Waals surface area contributed by atoms with E-state index in [0.29, 0.717) is 11.4 Å². The van der Waals surface area contributed by atoms with E-state index in [9.17, 15) is 9.59 Å². The van der Waals surface area contributed by atoms with Crippen molar-refractivity contribution in [2.45, 2.75) is 12.3 Å². The van der Waals surface area contributed by atoms with Gasteiger partial charge in [0, 0.05) is 11.5 Å². The van der Waals surface area contributed by atoms with Gasteiger partial charge in [-0.2, -0.15) is 0 Å². The summed E-state index contributed by atoms with van der Waals surface area (Å²) in [5, 5.41) is -0.205. The molecule has 0 bridgehead atoms. The van der Waals surface area contributed by atoms with Crippen LogP contribution in [0.25, 0.3) is 5.69 Å². The summed E-state index contributed by atoms with van der Waals surface area (Å²) in [6.45, 7) is 1.88. The molecule has 1 aliphatic heterocycles. The zero-order chi connectivity index (χ0) is 19.1. The first kappa shape index (κ1) is 18.1. The second-order valence-corrected chi connectivity index (χ2v) is 8.37. The average Bonchev–Trinajstić information content (AvgIpc) is 3.14. The number of hydrogen-bond acceptors (Lipinski definition) is 3. The van der Waals surface area contributed by atoms with Crippen molar-refractivity contribution >= 4 is 39.3 Å². The van der Waals surface area contributed by atoms with Gasteiger partial charge >= 0.3 is 0 Å². The molecule has 1 aliphatic rings. The molecule has 0 spiro atoms. The number of amides is 1. The average molecular weight is 444 g/mol. The summed E-state index contributed by atoms with van der Waals surface area (Å²) in [7, 11) is 1.84. The summed E-state index contributed by atoms with van der Waals surface area (Å²) in [4.78, 5) is 27.7. The van der Waals surface area contributed by atoms with Gasteiger partial charge in [0.25, 0.3) is 5.56 Å². The monoisotopic (exact) mass is 443 g/mol. The van der Waals surface area contributed by atoms with E-state index in [1.807, 2.05) is 73.3 Å². The number of halogens is 1. The van der Waals surface area contributed by atoms with Gasteiger partial charge in [0.15, 0.2) is 0 Å². The molecule has 27 heavy (non-hydrogen) atoms. The molecule has 7 heteroatoms. The SMILES string of the molecule is Cc1c(N2C(=O)CSC2c2ccc(Br)cc2)c(=O)n(-c2ccccc2)n1C. The van der Waals surface area contributed by atoms with Crippen LogP contribution in [0, 0.1) is 6.92 Å². The number of nitrogens with zero attached hydrogens (tertiary/aromatic N) is 3. The van der Waals surface area contributed by atoms with E-state index in [1.165, 1.54) is 0 Å². The molecular formula is C20H18BrN3O2S. The van der Waals surface area contributed by atoms with Gasteiger partial charge in [-0.1, -0.05) is 46.3 Å². The third-order valence-corrected chi connectivity index (χ3v) is 6.53. The van der Waals surface area contributed by atoms with Gasteiger partial charge in [-0.05, 0) is 36.8 Å². The van der Waals surface area contributed by atoms with E-state index >= 15 is 0 Å². The van der Waals surface area contributed by atoms with Crippen LogP contribution in [0.15, 0.2) is 63.9 Å². The number of carbonyl (C=O) groups excluding carboxylic acids is 1. The summed E-state index contributed by atoms with van der Waals surface area (Å²) in [5.41, 5.74) is 2.81. The molecule has 3 aromatic rings. The minimum Gasteiger partial charge on any atom is -0.288 e. The van der Waals surface area contributed by atoms with Crippen LogP contribution in [0.5, 0.6) is 0 Å². The number of hydrogen-bond donors (Lipinski definition) is 0. The summed E-state index contributed by atoms with van der Waals surface area (Å²) in [6, 6.07) is 17.4. The molecule has 1 unspecified atom stereocenters. The molecule has 1 aromatic heterocycles. The van der Waals surface area contributed by atoms with Crippen molar-refractivity contribution in [1.29, 1.82) is 0 Å². The van der Waals surface area contributed by atoms with E-state index in [0.717, 1.165) is 21.4 Å². The van der Waals surface area contributed by atoms with Crippen molar-refractivity contribution < 1.29 is 4.79 Å². The predicted molar refractivity (Wildman–Crippen MR) is 113 cm³/mol. The van der Waals surface area contributed by atoms with Gasteiger partial charge in [-0.3, -0.25) is 19.2 Å². The first-order valence-corrected chi connectivity index (χ1v) is 10.4. The maximum atomic E-state index is 13.3. The smallest absolute Gasteiger partial charge is 0.288 e. The lowest BCUT2D eigenvalue weighted by Gasteiger charge is -2.23. The lowest BCUT2D eigenvalue weighted by atomic mass is 10.2. The molecule has 1 atom stereocenters. The van der Waals surface area contributed by atoms with Crippen molar-refractivity contribution in [3.05, 3.63) is 80.7 Å². The van der Waals surface area contributed by atoms with E-state index in [4.69, 9.17) is 0 Å². The van der Waals surface area contributed by atoms with Crippen molar-refractivity contribution in [2.24, 2.45) is 7.05 Å². The van der Waals surface area contributed by atoms with Crippen LogP contribution in [0.1, 0.15) is 16.6 Å². The zero-order valence-electron chi connectivity index (χ0n) is 14.9. The number of para-hydroxylation sites is 1. The highest BCUT2D eigenvalue weighted by Crippen LogP contribution is 2.42. The lowest BCUT2D eigenvalue weighted by Crippen LogP contribution is -2.33. The maximum Gasteiger partial charge on any atom is 0.295 e. The van der Waals surface area contributed by atoms with Crippen LogP contribution in [-0.2, 0) is 11.8 Å². The van der Waals surface area contributed by atoms with Crippen molar-refractivity contribution in [2.75, 3.05) is 10.7 Å². The quantitative estimate of drug-likeness (QED) is 0.613. The largest absolute Gasteiger partial charge is 0.295 e. The molecule has 1 saturated heterocycles. The lowest BCUT2D eigenvalue weighted by molar-refractivity contribution is -0.115. The van der Waals surface area contributed by atoms with Gasteiger partial charge in [-0.15, -0.1) is 11.8 Å². The molecule has 5 nitrogen and oxygen atoms in total. The number of anilines is 1. The van der Waals surface area contributed by atoms with Gasteiger partial charge in [-0.25, -0.2) is 4.68 Å². The summed E-state index contributed by atoms with van der Waals surface area (Å²) >= 11 is 4.99. The van der Waals surface area contributed by atoms with Gasteiger partial charge < -0.3 is 0 Å². The Bertz CT molecular complexity index is 1060. The van der Waals surface area contributed by atoms with E-state index in [1.54, 1.807) is 21.3 Å². The predicted octanol–water partition coefficient (Wildman–Crippen LogP) is 4.03. The van der Waals surface area contributed by atoms with Crippen LogP contribution in [0.4, 0.5) is 5.69 Å². The fourth-order valence-corrected chi connectivity index (χ4v) is 4.80. The standard InChI is InChI=1S/C20H18BrN3O2S/c1-13-18(19(26)24(22(13)2)16-6-4-3-5-7-16)23-17(25)12-27-20(23)14-8-10-15(21)11-9-14/h3-11,20H,12H2,1-2H3. The Kier molecular flexibility index (Phi) is 4.74. The van der Waals surface area contributed by atoms with Crippen LogP contribution in [0.2, 0.25) is 0 Å². The normalized spacial score (nSPS) is 16.9. The van der Waals surface area contributed by atoms with Gasteiger partial charge in [0.1, 0.15) is 11.1 Å². The summed E-state index contributed by atoms with van der Waals surface area (Å²) in [6.07, 6.45) is 0. The molecule has 0 saturated carbocycles. The van der Waals surface area contributed by atoms with Crippen LogP contribution in [-0.4, -0.2) is 21.0 Å². The molecule has 2 aromatic carbocycles. The number of benzene rings is 2. The van der Waals surface area contributed by atoms with Crippen molar-refractivity contribution in [1.82, 2.24) is 9.36 Å². The molecule has 0 N–H and O–H groups in total. The minimum atomic E-state index is -0.205. The van der Waals surface area contributed by atoms with Gasteiger partial charge in [0.05, 0.1) is 17.1 Å². The number of thioether (sulfide) groups is 1. The highest BCUT2D eigenvalue weighted by atomic mass is 79.9. The topological polar surface area (TPSA) is 47.2 Å². The highest BCUT2D eigenvalue weighted by Gasteiger charge is 2.38. The third-order valence-electron chi connectivity index (χ3n) is 4.79. The fourth-order valence-electron chi connectivity index (χ4n) is 3.37. The Hall–Kier alpha value is -2.25. The minimum absolute atomic E-state index is 0.0427. The molecular weight excluding hydrogens is 426 g/mol. The second kappa shape index (κ2) is 7.05. The van der Waals surface area contributed by atoms with Crippen LogP contribution < -0.4 is 10.5 Å². The Balaban J connectivity index is 1.86. The second-order valence-electron chi connectivity index (χ2n) is 6.39. The number of aromatic nitrogens is 2.